The van der Waals surface area contributed by atoms with Crippen LogP contribution in [-0.2, 0) is 27.1 Å². The van der Waals surface area contributed by atoms with Crippen molar-refractivity contribution in [3.8, 4) is 5.75 Å². The van der Waals surface area contributed by atoms with Gasteiger partial charge in [-0.25, -0.2) is 4.79 Å². The minimum Gasteiger partial charge on any atom is -0.493 e. The van der Waals surface area contributed by atoms with Gasteiger partial charge in [0.2, 0.25) is 5.91 Å². The van der Waals surface area contributed by atoms with Crippen LogP contribution >= 0.6 is 0 Å². The number of rotatable bonds is 6. The summed E-state index contributed by atoms with van der Waals surface area (Å²) in [6, 6.07) is 5.85. The minimum absolute atomic E-state index is 0.00693. The molecule has 0 spiro atoms. The highest BCUT2D eigenvalue weighted by atomic mass is 19.4. The number of piperazine rings is 1. The van der Waals surface area contributed by atoms with Crippen molar-refractivity contribution >= 4 is 29.6 Å². The van der Waals surface area contributed by atoms with Crippen molar-refractivity contribution in [2.45, 2.75) is 69.7 Å². The van der Waals surface area contributed by atoms with Gasteiger partial charge in [-0.05, 0) is 68.7 Å². The molecule has 2 aromatic rings. The van der Waals surface area contributed by atoms with Crippen LogP contribution in [0.25, 0.3) is 6.08 Å². The molecule has 4 amide bonds. The van der Waals surface area contributed by atoms with Crippen LogP contribution in [0.2, 0.25) is 0 Å². The Morgan fingerprint density at radius 2 is 1.72 bits per heavy atom. The first kappa shape index (κ1) is 34.1. The van der Waals surface area contributed by atoms with E-state index < -0.39 is 65.5 Å². The van der Waals surface area contributed by atoms with Crippen molar-refractivity contribution in [3.63, 3.8) is 0 Å². The Kier molecular flexibility index (Phi) is 8.52. The molecule has 9 nitrogen and oxygen atoms in total. The summed E-state index contributed by atoms with van der Waals surface area (Å²) in [5.74, 6) is -0.396. The highest BCUT2D eigenvalue weighted by Gasteiger charge is 2.71. The van der Waals surface area contributed by atoms with E-state index in [9.17, 15) is 45.8 Å². The third kappa shape index (κ3) is 5.68. The van der Waals surface area contributed by atoms with Gasteiger partial charge in [0.15, 0.2) is 0 Å². The van der Waals surface area contributed by atoms with Crippen LogP contribution in [0.15, 0.2) is 42.5 Å². The molecule has 2 aromatic carbocycles. The van der Waals surface area contributed by atoms with Gasteiger partial charge in [0.25, 0.3) is 11.5 Å². The first-order valence-electron chi connectivity index (χ1n) is 14.9. The monoisotopic (exact) mass is 668 g/mol. The van der Waals surface area contributed by atoms with Crippen molar-refractivity contribution in [1.82, 2.24) is 15.1 Å². The zero-order valence-corrected chi connectivity index (χ0v) is 26.0. The number of aliphatic hydroxyl groups is 1. The van der Waals surface area contributed by atoms with Crippen LogP contribution in [0.5, 0.6) is 5.75 Å². The molecule has 0 saturated carbocycles. The van der Waals surface area contributed by atoms with E-state index in [2.05, 4.69) is 5.32 Å². The first-order valence-corrected chi connectivity index (χ1v) is 14.9. The van der Waals surface area contributed by atoms with E-state index in [4.69, 9.17) is 4.74 Å². The van der Waals surface area contributed by atoms with Gasteiger partial charge in [0, 0.05) is 42.8 Å². The topological polar surface area (TPSA) is 102 Å². The van der Waals surface area contributed by atoms with Crippen LogP contribution in [0.4, 0.5) is 36.8 Å². The second-order valence-electron chi connectivity index (χ2n) is 12.2. The Balaban J connectivity index is 1.34. The van der Waals surface area contributed by atoms with Gasteiger partial charge >= 0.3 is 18.4 Å². The van der Waals surface area contributed by atoms with Crippen molar-refractivity contribution in [1.29, 1.82) is 0 Å². The number of nitrogens with one attached hydrogen (secondary N) is 1. The number of allylic oxidation sites excluding steroid dienone is 1. The second kappa shape index (κ2) is 11.8. The van der Waals surface area contributed by atoms with Crippen LogP contribution in [0.1, 0.15) is 49.9 Å². The number of anilines is 1. The summed E-state index contributed by atoms with van der Waals surface area (Å²) in [4.78, 5) is 44.1. The molecule has 0 aromatic heterocycles. The zero-order valence-electron chi connectivity index (χ0n) is 26.0. The van der Waals surface area contributed by atoms with Gasteiger partial charge in [0.1, 0.15) is 17.8 Å². The molecule has 2 fully saturated rings. The maximum Gasteiger partial charge on any atom is 0.430 e. The summed E-state index contributed by atoms with van der Waals surface area (Å²) in [6.45, 7) is 6.74. The number of hydrogen-bond donors (Lipinski definition) is 2. The number of hydrogen-bond acceptors (Lipinski definition) is 6. The fourth-order valence-electron chi connectivity index (χ4n) is 6.41. The maximum absolute atomic E-state index is 13.6. The van der Waals surface area contributed by atoms with Gasteiger partial charge in [-0.3, -0.25) is 14.5 Å². The number of fused-ring (bicyclic) bond motifs is 1. The van der Waals surface area contributed by atoms with E-state index >= 15 is 0 Å². The standard InChI is InChI=1S/C32H34F6N4O5/c1-5-6-20-13-23(30(46,31(33,34)35)32(36,37)38)7-9-24(20)40-15-19(3)41(16-18(40)2)26(43)17-42-27(44)29(4,39-28(42)45)22-8-10-25-21(14-22)11-12-47-25/h5-10,13-14,18-19,46H,11-12,15-17H2,1-4H3,(H,39,45)/t18?,19-,29+/m0/s1. The van der Waals surface area contributed by atoms with E-state index in [-0.39, 0.29) is 18.7 Å². The summed E-state index contributed by atoms with van der Waals surface area (Å²) in [5.41, 5.74) is -6.09. The Morgan fingerprint density at radius 3 is 2.36 bits per heavy atom. The Hall–Kier alpha value is -4.27. The number of alkyl halides is 6. The molecule has 0 bridgehead atoms. The molecule has 0 aliphatic carbocycles. The number of halogens is 6. The molecule has 5 rings (SSSR count). The average Bonchev–Trinajstić information content (AvgIpc) is 3.55. The largest absolute Gasteiger partial charge is 0.493 e. The molecular formula is C32H34F6N4O5. The molecule has 1 unspecified atom stereocenters. The lowest BCUT2D eigenvalue weighted by Gasteiger charge is -2.46. The average molecular weight is 669 g/mol. The lowest BCUT2D eigenvalue weighted by atomic mass is 9.89. The molecule has 3 atom stereocenters. The Labute approximate surface area is 266 Å². The molecule has 254 valence electrons. The Morgan fingerprint density at radius 1 is 1.04 bits per heavy atom. The van der Waals surface area contributed by atoms with E-state index in [1.807, 2.05) is 0 Å². The third-order valence-corrected chi connectivity index (χ3v) is 9.06. The number of ether oxygens (including phenoxy) is 1. The molecular weight excluding hydrogens is 634 g/mol. The van der Waals surface area contributed by atoms with Crippen molar-refractivity contribution < 1.29 is 50.6 Å². The van der Waals surface area contributed by atoms with Crippen LogP contribution in [0, 0.1) is 0 Å². The highest BCUT2D eigenvalue weighted by molar-refractivity contribution is 6.09. The normalized spacial score (nSPS) is 23.8. The van der Waals surface area contributed by atoms with Crippen LogP contribution in [0.3, 0.4) is 0 Å². The first-order chi connectivity index (χ1) is 21.8. The SMILES string of the molecule is CC=Cc1cc(C(O)(C(F)(F)F)C(F)(F)F)ccc1N1C[C@H](C)N(C(=O)CN2C(=O)N[C@](C)(c3ccc4c(c3)CCO4)C2=O)CC1C. The molecule has 0 radical (unpaired) electrons. The Bertz CT molecular complexity index is 1610. The number of nitrogens with zero attached hydrogens (tertiary/aromatic N) is 3. The molecule has 2 N–H and O–H groups in total. The van der Waals surface area contributed by atoms with Crippen molar-refractivity contribution in [2.75, 3.05) is 31.1 Å². The van der Waals surface area contributed by atoms with Crippen molar-refractivity contribution in [2.24, 2.45) is 0 Å². The maximum atomic E-state index is 13.6. The van der Waals surface area contributed by atoms with Crippen LogP contribution < -0.4 is 15.0 Å². The highest BCUT2D eigenvalue weighted by Crippen LogP contribution is 2.50. The van der Waals surface area contributed by atoms with Gasteiger partial charge in [-0.15, -0.1) is 0 Å². The number of carbonyl (C=O) groups excluding carboxylic acids is 3. The summed E-state index contributed by atoms with van der Waals surface area (Å²) in [6.07, 6.45) is -8.62. The number of imide groups is 1. The van der Waals surface area contributed by atoms with E-state index in [0.717, 1.165) is 16.5 Å². The van der Waals surface area contributed by atoms with Crippen LogP contribution in [-0.4, -0.2) is 83.4 Å². The second-order valence-corrected chi connectivity index (χ2v) is 12.2. The summed E-state index contributed by atoms with van der Waals surface area (Å²) >= 11 is 0. The summed E-state index contributed by atoms with van der Waals surface area (Å²) in [5, 5.41) is 12.6. The van der Waals surface area contributed by atoms with E-state index in [1.165, 1.54) is 17.1 Å². The fraction of sp³-hybridized carbons (Fsp3) is 0.469. The summed E-state index contributed by atoms with van der Waals surface area (Å²) in [7, 11) is 0. The molecule has 3 aliphatic rings. The smallest absolute Gasteiger partial charge is 0.430 e. The van der Waals surface area contributed by atoms with E-state index in [0.29, 0.717) is 42.2 Å². The number of amides is 4. The predicted molar refractivity (Wildman–Crippen MR) is 158 cm³/mol. The summed E-state index contributed by atoms with van der Waals surface area (Å²) < 4.78 is 87.0. The fourth-order valence-corrected chi connectivity index (χ4v) is 6.41. The molecule has 2 saturated heterocycles. The van der Waals surface area contributed by atoms with Crippen molar-refractivity contribution in [3.05, 3.63) is 64.7 Å². The molecule has 15 heteroatoms. The zero-order chi connectivity index (χ0) is 34.7. The number of benzene rings is 2. The van der Waals surface area contributed by atoms with Gasteiger partial charge in [-0.1, -0.05) is 24.3 Å². The lowest BCUT2D eigenvalue weighted by Crippen LogP contribution is -2.60. The third-order valence-electron chi connectivity index (χ3n) is 9.06. The number of urea groups is 1. The molecule has 3 aliphatic heterocycles. The lowest BCUT2D eigenvalue weighted by molar-refractivity contribution is -0.376. The quantitative estimate of drug-likeness (QED) is 0.337. The van der Waals surface area contributed by atoms with E-state index in [1.54, 1.807) is 50.8 Å². The van der Waals surface area contributed by atoms with Gasteiger partial charge in [-0.2, -0.15) is 26.3 Å². The van der Waals surface area contributed by atoms with Gasteiger partial charge < -0.3 is 25.0 Å². The van der Waals surface area contributed by atoms with Gasteiger partial charge in [0.05, 0.1) is 6.61 Å². The predicted octanol–water partition coefficient (Wildman–Crippen LogP) is 4.86. The minimum atomic E-state index is -6.03. The molecule has 3 heterocycles. The molecule has 47 heavy (non-hydrogen) atoms. The number of carbonyl (C=O) groups is 3.